The molecule has 0 aromatic rings. The molecule has 0 aromatic heterocycles. The van der Waals surface area contributed by atoms with Crippen molar-refractivity contribution in [1.29, 1.82) is 0 Å². The normalized spacial score (nSPS) is 20.2. The minimum atomic E-state index is 0.310. The van der Waals surface area contributed by atoms with E-state index in [0.717, 1.165) is 64.6 Å². The van der Waals surface area contributed by atoms with Crippen LogP contribution in [0.5, 0.6) is 0 Å². The maximum Gasteiger partial charge on any atom is 0.236 e. The van der Waals surface area contributed by atoms with Crippen molar-refractivity contribution in [2.75, 3.05) is 59.4 Å². The SMILES string of the molecule is CCC(CC)CNC(=NC)N1CCN(CC(=O)N2CCCCC2)CC1. The van der Waals surface area contributed by atoms with Crippen LogP contribution in [0, 0.1) is 5.92 Å². The van der Waals surface area contributed by atoms with Crippen LogP contribution in [0.4, 0.5) is 0 Å². The molecular weight excluding hydrogens is 314 g/mol. The third-order valence-corrected chi connectivity index (χ3v) is 5.65. The molecule has 0 saturated carbocycles. The summed E-state index contributed by atoms with van der Waals surface area (Å²) < 4.78 is 0. The lowest BCUT2D eigenvalue weighted by atomic mass is 10.0. The summed E-state index contributed by atoms with van der Waals surface area (Å²) in [5.74, 6) is 2.03. The fraction of sp³-hybridized carbons (Fsp3) is 0.895. The van der Waals surface area contributed by atoms with E-state index in [9.17, 15) is 4.79 Å². The van der Waals surface area contributed by atoms with Gasteiger partial charge in [-0.15, -0.1) is 0 Å². The fourth-order valence-electron chi connectivity index (χ4n) is 3.70. The van der Waals surface area contributed by atoms with Crippen LogP contribution < -0.4 is 5.32 Å². The Kier molecular flexibility index (Phi) is 8.52. The van der Waals surface area contributed by atoms with Crippen LogP contribution in [0.1, 0.15) is 46.0 Å². The highest BCUT2D eigenvalue weighted by atomic mass is 16.2. The van der Waals surface area contributed by atoms with Crippen molar-refractivity contribution >= 4 is 11.9 Å². The van der Waals surface area contributed by atoms with E-state index >= 15 is 0 Å². The molecule has 0 spiro atoms. The highest BCUT2D eigenvalue weighted by molar-refractivity contribution is 5.80. The number of carbonyl (C=O) groups excluding carboxylic acids is 1. The molecule has 2 aliphatic heterocycles. The van der Waals surface area contributed by atoms with E-state index in [2.05, 4.69) is 34.0 Å². The summed E-state index contributed by atoms with van der Waals surface area (Å²) in [6, 6.07) is 0. The van der Waals surface area contributed by atoms with Gasteiger partial charge in [0.1, 0.15) is 0 Å². The van der Waals surface area contributed by atoms with Gasteiger partial charge in [0.2, 0.25) is 5.91 Å². The fourth-order valence-corrected chi connectivity index (χ4v) is 3.70. The van der Waals surface area contributed by atoms with Crippen molar-refractivity contribution in [2.45, 2.75) is 46.0 Å². The van der Waals surface area contributed by atoms with Crippen LogP contribution in [0.15, 0.2) is 4.99 Å². The zero-order valence-corrected chi connectivity index (χ0v) is 16.5. The zero-order valence-electron chi connectivity index (χ0n) is 16.5. The monoisotopic (exact) mass is 351 g/mol. The number of amides is 1. The molecular formula is C19H37N5O. The number of hydrogen-bond acceptors (Lipinski definition) is 3. The lowest BCUT2D eigenvalue weighted by molar-refractivity contribution is -0.133. The predicted molar refractivity (Wildman–Crippen MR) is 104 cm³/mol. The lowest BCUT2D eigenvalue weighted by Crippen LogP contribution is -2.54. The van der Waals surface area contributed by atoms with Gasteiger partial charge in [-0.05, 0) is 25.2 Å². The molecule has 0 atom stereocenters. The molecule has 6 heteroatoms. The summed E-state index contributed by atoms with van der Waals surface area (Å²) in [6.07, 6.45) is 6.00. The number of piperidine rings is 1. The maximum absolute atomic E-state index is 12.4. The molecule has 2 fully saturated rings. The van der Waals surface area contributed by atoms with Gasteiger partial charge in [0.05, 0.1) is 6.54 Å². The molecule has 0 unspecified atom stereocenters. The number of carbonyl (C=O) groups is 1. The summed E-state index contributed by atoms with van der Waals surface area (Å²) in [7, 11) is 1.86. The van der Waals surface area contributed by atoms with Crippen molar-refractivity contribution in [3.8, 4) is 0 Å². The number of likely N-dealkylation sites (tertiary alicyclic amines) is 1. The molecule has 1 amide bonds. The maximum atomic E-state index is 12.4. The first-order valence-electron chi connectivity index (χ1n) is 10.1. The van der Waals surface area contributed by atoms with Gasteiger partial charge in [0.15, 0.2) is 5.96 Å². The second-order valence-corrected chi connectivity index (χ2v) is 7.32. The number of guanidine groups is 1. The number of rotatable bonds is 6. The average molecular weight is 352 g/mol. The predicted octanol–water partition coefficient (Wildman–Crippen LogP) is 1.63. The molecule has 144 valence electrons. The summed E-state index contributed by atoms with van der Waals surface area (Å²) >= 11 is 0. The first-order chi connectivity index (χ1) is 12.2. The number of hydrogen-bond donors (Lipinski definition) is 1. The number of piperazine rings is 1. The average Bonchev–Trinajstić information content (AvgIpc) is 2.67. The van der Waals surface area contributed by atoms with Gasteiger partial charge in [-0.2, -0.15) is 0 Å². The Hall–Kier alpha value is -1.30. The third kappa shape index (κ3) is 6.17. The standard InChI is InChI=1S/C19H37N5O/c1-4-17(5-2)15-21-19(20-3)24-13-11-22(12-14-24)16-18(25)23-9-7-6-8-10-23/h17H,4-16H2,1-3H3,(H,20,21). The Morgan fingerprint density at radius 1 is 0.960 bits per heavy atom. The first-order valence-corrected chi connectivity index (χ1v) is 10.1. The lowest BCUT2D eigenvalue weighted by Gasteiger charge is -2.37. The Labute approximate surface area is 153 Å². The van der Waals surface area contributed by atoms with Crippen molar-refractivity contribution in [2.24, 2.45) is 10.9 Å². The van der Waals surface area contributed by atoms with Gasteiger partial charge < -0.3 is 15.1 Å². The molecule has 25 heavy (non-hydrogen) atoms. The van der Waals surface area contributed by atoms with Crippen LogP contribution in [0.3, 0.4) is 0 Å². The van der Waals surface area contributed by atoms with Gasteiger partial charge in [0, 0.05) is 52.9 Å². The molecule has 0 aliphatic carbocycles. The van der Waals surface area contributed by atoms with Crippen LogP contribution >= 0.6 is 0 Å². The third-order valence-electron chi connectivity index (χ3n) is 5.65. The topological polar surface area (TPSA) is 51.2 Å². The molecule has 6 nitrogen and oxygen atoms in total. The van der Waals surface area contributed by atoms with Gasteiger partial charge in [0.25, 0.3) is 0 Å². The molecule has 2 saturated heterocycles. The number of aliphatic imine (C=N–C) groups is 1. The van der Waals surface area contributed by atoms with Crippen molar-refractivity contribution in [1.82, 2.24) is 20.0 Å². The van der Waals surface area contributed by atoms with Crippen molar-refractivity contribution in [3.63, 3.8) is 0 Å². The van der Waals surface area contributed by atoms with E-state index in [0.29, 0.717) is 18.4 Å². The van der Waals surface area contributed by atoms with E-state index in [1.165, 1.54) is 19.3 Å². The van der Waals surface area contributed by atoms with Crippen LogP contribution in [-0.4, -0.2) is 86.0 Å². The van der Waals surface area contributed by atoms with E-state index in [4.69, 9.17) is 0 Å². The summed E-state index contributed by atoms with van der Waals surface area (Å²) in [5, 5.41) is 3.53. The molecule has 1 N–H and O–H groups in total. The smallest absolute Gasteiger partial charge is 0.236 e. The van der Waals surface area contributed by atoms with E-state index in [1.807, 2.05) is 11.9 Å². The second-order valence-electron chi connectivity index (χ2n) is 7.32. The Bertz CT molecular complexity index is 422. The van der Waals surface area contributed by atoms with Crippen molar-refractivity contribution in [3.05, 3.63) is 0 Å². The van der Waals surface area contributed by atoms with Gasteiger partial charge in [-0.3, -0.25) is 14.7 Å². The largest absolute Gasteiger partial charge is 0.356 e. The number of nitrogens with zero attached hydrogens (tertiary/aromatic N) is 4. The molecule has 2 rings (SSSR count). The van der Waals surface area contributed by atoms with Crippen LogP contribution in [0.2, 0.25) is 0 Å². The van der Waals surface area contributed by atoms with E-state index in [-0.39, 0.29) is 0 Å². The first kappa shape index (κ1) is 20.0. The Morgan fingerprint density at radius 3 is 2.16 bits per heavy atom. The van der Waals surface area contributed by atoms with Crippen LogP contribution in [0.25, 0.3) is 0 Å². The van der Waals surface area contributed by atoms with Gasteiger partial charge in [-0.25, -0.2) is 0 Å². The molecule has 0 radical (unpaired) electrons. The van der Waals surface area contributed by atoms with Crippen LogP contribution in [-0.2, 0) is 4.79 Å². The van der Waals surface area contributed by atoms with E-state index < -0.39 is 0 Å². The van der Waals surface area contributed by atoms with Gasteiger partial charge >= 0.3 is 0 Å². The van der Waals surface area contributed by atoms with Crippen molar-refractivity contribution < 1.29 is 4.79 Å². The Morgan fingerprint density at radius 2 is 1.60 bits per heavy atom. The molecule has 2 heterocycles. The number of nitrogens with one attached hydrogen (secondary N) is 1. The zero-order chi connectivity index (χ0) is 18.1. The van der Waals surface area contributed by atoms with Gasteiger partial charge in [-0.1, -0.05) is 26.7 Å². The molecule has 0 bridgehead atoms. The molecule has 2 aliphatic rings. The highest BCUT2D eigenvalue weighted by Gasteiger charge is 2.24. The molecule has 0 aromatic carbocycles. The minimum absolute atomic E-state index is 0.310. The Balaban J connectivity index is 1.73. The highest BCUT2D eigenvalue weighted by Crippen LogP contribution is 2.10. The summed E-state index contributed by atoms with van der Waals surface area (Å²) in [6.45, 7) is 11.7. The summed E-state index contributed by atoms with van der Waals surface area (Å²) in [4.78, 5) is 23.5. The second kappa shape index (κ2) is 10.6. The quantitative estimate of drug-likeness (QED) is 0.584. The summed E-state index contributed by atoms with van der Waals surface area (Å²) in [5.41, 5.74) is 0. The van der Waals surface area contributed by atoms with E-state index in [1.54, 1.807) is 0 Å². The minimum Gasteiger partial charge on any atom is -0.356 e.